The van der Waals surface area contributed by atoms with Gasteiger partial charge in [-0.15, -0.1) is 0 Å². The molecule has 0 unspecified atom stereocenters. The zero-order valence-electron chi connectivity index (χ0n) is 9.79. The summed E-state index contributed by atoms with van der Waals surface area (Å²) in [6.45, 7) is 1.55. The monoisotopic (exact) mass is 269 g/mol. The van der Waals surface area contributed by atoms with E-state index in [0.29, 0.717) is 5.56 Å². The van der Waals surface area contributed by atoms with Crippen LogP contribution in [0.1, 0.15) is 17.0 Å². The van der Waals surface area contributed by atoms with E-state index in [1.807, 2.05) is 12.1 Å². The SMILES string of the molecule is FC(F)(F)Cc1noc(-c2ccc3c(c2)CNC3)n1. The van der Waals surface area contributed by atoms with Crippen molar-refractivity contribution >= 4 is 0 Å². The van der Waals surface area contributed by atoms with Crippen molar-refractivity contribution in [1.82, 2.24) is 15.5 Å². The van der Waals surface area contributed by atoms with Crippen LogP contribution in [-0.2, 0) is 19.5 Å². The minimum absolute atomic E-state index is 0.119. The maximum absolute atomic E-state index is 12.2. The van der Waals surface area contributed by atoms with E-state index in [1.165, 1.54) is 5.56 Å². The van der Waals surface area contributed by atoms with Crippen molar-refractivity contribution in [2.75, 3.05) is 0 Å². The normalized spacial score (nSPS) is 14.7. The third kappa shape index (κ3) is 2.60. The second-order valence-corrected chi connectivity index (χ2v) is 4.39. The van der Waals surface area contributed by atoms with Gasteiger partial charge in [-0.25, -0.2) is 0 Å². The van der Waals surface area contributed by atoms with Gasteiger partial charge in [0.05, 0.1) is 0 Å². The Kier molecular flexibility index (Phi) is 2.78. The fraction of sp³-hybridized carbons (Fsp3) is 0.333. The highest BCUT2D eigenvalue weighted by Crippen LogP contribution is 2.25. The van der Waals surface area contributed by atoms with Crippen molar-refractivity contribution in [2.24, 2.45) is 0 Å². The topological polar surface area (TPSA) is 51.0 Å². The highest BCUT2D eigenvalue weighted by molar-refractivity contribution is 5.56. The summed E-state index contributed by atoms with van der Waals surface area (Å²) in [5.41, 5.74) is 2.93. The van der Waals surface area contributed by atoms with Gasteiger partial charge in [0.25, 0.3) is 5.89 Å². The first-order chi connectivity index (χ1) is 9.01. The van der Waals surface area contributed by atoms with Gasteiger partial charge in [0.2, 0.25) is 0 Å². The molecular weight excluding hydrogens is 259 g/mol. The molecule has 0 saturated heterocycles. The standard InChI is InChI=1S/C12H10F3N3O/c13-12(14,15)4-10-17-11(19-18-10)7-1-2-8-5-16-6-9(8)3-7/h1-3,16H,4-6H2. The number of nitrogens with zero attached hydrogens (tertiary/aromatic N) is 2. The van der Waals surface area contributed by atoms with Crippen LogP contribution in [0.3, 0.4) is 0 Å². The molecule has 19 heavy (non-hydrogen) atoms. The van der Waals surface area contributed by atoms with E-state index in [4.69, 9.17) is 4.52 Å². The summed E-state index contributed by atoms with van der Waals surface area (Å²) >= 11 is 0. The number of benzene rings is 1. The Balaban J connectivity index is 1.86. The number of aromatic nitrogens is 2. The average molecular weight is 269 g/mol. The lowest BCUT2D eigenvalue weighted by molar-refractivity contribution is -0.128. The molecule has 1 aromatic heterocycles. The average Bonchev–Trinajstić information content (AvgIpc) is 2.93. The zero-order chi connectivity index (χ0) is 13.5. The number of alkyl halides is 3. The molecule has 7 heteroatoms. The summed E-state index contributed by atoms with van der Waals surface area (Å²) < 4.78 is 41.5. The molecule has 2 aromatic rings. The molecule has 4 nitrogen and oxygen atoms in total. The van der Waals surface area contributed by atoms with Crippen LogP contribution in [-0.4, -0.2) is 16.3 Å². The van der Waals surface area contributed by atoms with Crippen molar-refractivity contribution in [3.63, 3.8) is 0 Å². The Bertz CT molecular complexity index is 607. The molecule has 100 valence electrons. The number of hydrogen-bond acceptors (Lipinski definition) is 4. The van der Waals surface area contributed by atoms with Crippen molar-refractivity contribution in [1.29, 1.82) is 0 Å². The van der Waals surface area contributed by atoms with Gasteiger partial charge in [0, 0.05) is 18.7 Å². The first-order valence-corrected chi connectivity index (χ1v) is 5.73. The molecule has 1 aliphatic rings. The van der Waals surface area contributed by atoms with Crippen molar-refractivity contribution in [3.05, 3.63) is 35.2 Å². The van der Waals surface area contributed by atoms with E-state index >= 15 is 0 Å². The van der Waals surface area contributed by atoms with E-state index in [0.717, 1.165) is 18.7 Å². The first kappa shape index (κ1) is 12.2. The summed E-state index contributed by atoms with van der Waals surface area (Å²) in [6, 6.07) is 5.55. The van der Waals surface area contributed by atoms with Crippen LogP contribution in [0.2, 0.25) is 0 Å². The van der Waals surface area contributed by atoms with Crippen LogP contribution in [0.15, 0.2) is 22.7 Å². The number of fused-ring (bicyclic) bond motifs is 1. The van der Waals surface area contributed by atoms with Gasteiger partial charge in [-0.05, 0) is 23.3 Å². The second-order valence-electron chi connectivity index (χ2n) is 4.39. The van der Waals surface area contributed by atoms with Crippen molar-refractivity contribution in [2.45, 2.75) is 25.7 Å². The lowest BCUT2D eigenvalue weighted by Gasteiger charge is -2.00. The van der Waals surface area contributed by atoms with E-state index in [9.17, 15) is 13.2 Å². The van der Waals surface area contributed by atoms with Crippen LogP contribution in [0.25, 0.3) is 11.5 Å². The predicted octanol–water partition coefficient (Wildman–Crippen LogP) is 2.44. The molecule has 1 N–H and O–H groups in total. The summed E-state index contributed by atoms with van der Waals surface area (Å²) in [6.07, 6.45) is -5.51. The van der Waals surface area contributed by atoms with E-state index in [-0.39, 0.29) is 11.7 Å². The molecule has 0 spiro atoms. The Hall–Kier alpha value is -1.89. The minimum atomic E-state index is -4.33. The molecule has 3 rings (SSSR count). The number of rotatable bonds is 2. The quantitative estimate of drug-likeness (QED) is 0.909. The third-order valence-corrected chi connectivity index (χ3v) is 2.91. The van der Waals surface area contributed by atoms with Crippen LogP contribution < -0.4 is 5.32 Å². The number of nitrogens with one attached hydrogen (secondary N) is 1. The van der Waals surface area contributed by atoms with Crippen LogP contribution in [0.4, 0.5) is 13.2 Å². The summed E-state index contributed by atoms with van der Waals surface area (Å²) in [5.74, 6) is -0.227. The minimum Gasteiger partial charge on any atom is -0.334 e. The Labute approximate surface area is 106 Å². The molecule has 1 aliphatic heterocycles. The summed E-state index contributed by atoms with van der Waals surface area (Å²) in [4.78, 5) is 3.77. The highest BCUT2D eigenvalue weighted by Gasteiger charge is 2.30. The third-order valence-electron chi connectivity index (χ3n) is 2.91. The Morgan fingerprint density at radius 1 is 1.21 bits per heavy atom. The van der Waals surface area contributed by atoms with Gasteiger partial charge in [0.1, 0.15) is 6.42 Å². The van der Waals surface area contributed by atoms with Gasteiger partial charge in [-0.3, -0.25) is 0 Å². The molecule has 0 fully saturated rings. The fourth-order valence-corrected chi connectivity index (χ4v) is 2.05. The molecule has 0 amide bonds. The van der Waals surface area contributed by atoms with E-state index in [2.05, 4.69) is 15.5 Å². The second kappa shape index (κ2) is 4.34. The molecule has 0 bridgehead atoms. The van der Waals surface area contributed by atoms with Crippen molar-refractivity contribution in [3.8, 4) is 11.5 Å². The molecular formula is C12H10F3N3O. The lowest BCUT2D eigenvalue weighted by Crippen LogP contribution is -2.12. The smallest absolute Gasteiger partial charge is 0.334 e. The maximum atomic E-state index is 12.2. The van der Waals surface area contributed by atoms with Gasteiger partial charge in [-0.1, -0.05) is 11.2 Å². The van der Waals surface area contributed by atoms with Gasteiger partial charge in [-0.2, -0.15) is 18.2 Å². The largest absolute Gasteiger partial charge is 0.396 e. The number of halogens is 3. The van der Waals surface area contributed by atoms with Crippen LogP contribution in [0.5, 0.6) is 0 Å². The molecule has 0 radical (unpaired) electrons. The first-order valence-electron chi connectivity index (χ1n) is 5.73. The Morgan fingerprint density at radius 3 is 2.79 bits per heavy atom. The molecule has 2 heterocycles. The van der Waals surface area contributed by atoms with E-state index in [1.54, 1.807) is 6.07 Å². The summed E-state index contributed by atoms with van der Waals surface area (Å²) in [5, 5.41) is 6.54. The zero-order valence-corrected chi connectivity index (χ0v) is 9.79. The molecule has 0 atom stereocenters. The lowest BCUT2D eigenvalue weighted by atomic mass is 10.1. The van der Waals surface area contributed by atoms with Gasteiger partial charge >= 0.3 is 6.18 Å². The van der Waals surface area contributed by atoms with Crippen molar-refractivity contribution < 1.29 is 17.7 Å². The Morgan fingerprint density at radius 2 is 2.00 bits per heavy atom. The summed E-state index contributed by atoms with van der Waals surface area (Å²) in [7, 11) is 0. The van der Waals surface area contributed by atoms with Gasteiger partial charge in [0.15, 0.2) is 5.82 Å². The molecule has 0 aliphatic carbocycles. The molecule has 0 saturated carbocycles. The number of hydrogen-bond donors (Lipinski definition) is 1. The van der Waals surface area contributed by atoms with E-state index < -0.39 is 12.6 Å². The highest BCUT2D eigenvalue weighted by atomic mass is 19.4. The van der Waals surface area contributed by atoms with Gasteiger partial charge < -0.3 is 9.84 Å². The maximum Gasteiger partial charge on any atom is 0.396 e. The van der Waals surface area contributed by atoms with Crippen LogP contribution >= 0.6 is 0 Å². The molecule has 1 aromatic carbocycles. The predicted molar refractivity (Wildman–Crippen MR) is 60.0 cm³/mol. The fourth-order valence-electron chi connectivity index (χ4n) is 2.05. The van der Waals surface area contributed by atoms with Crippen LogP contribution in [0, 0.1) is 0 Å².